The summed E-state index contributed by atoms with van der Waals surface area (Å²) >= 11 is 0. The molecule has 1 heterocycles. The molecule has 0 aliphatic carbocycles. The van der Waals surface area contributed by atoms with Crippen LogP contribution in [0.15, 0.2) is 24.3 Å². The van der Waals surface area contributed by atoms with Gasteiger partial charge in [0.2, 0.25) is 0 Å². The van der Waals surface area contributed by atoms with E-state index in [2.05, 4.69) is 0 Å². The first-order chi connectivity index (χ1) is 7.36. The Balaban J connectivity index is 1.84. The predicted octanol–water partition coefficient (Wildman–Crippen LogP) is 3.18. The van der Waals surface area contributed by atoms with Crippen molar-refractivity contribution >= 4 is 0 Å². The van der Waals surface area contributed by atoms with Crippen molar-refractivity contribution in [2.75, 3.05) is 13.2 Å². The lowest BCUT2D eigenvalue weighted by Gasteiger charge is -2.21. The monoisotopic (exact) mass is 208 g/mol. The van der Waals surface area contributed by atoms with E-state index >= 15 is 0 Å². The highest BCUT2D eigenvalue weighted by Gasteiger charge is 2.14. The predicted molar refractivity (Wildman–Crippen MR) is 58.3 cm³/mol. The molecule has 1 aliphatic heterocycles. The van der Waals surface area contributed by atoms with Gasteiger partial charge in [0, 0.05) is 13.2 Å². The van der Waals surface area contributed by atoms with Gasteiger partial charge in [-0.25, -0.2) is 4.39 Å². The third-order valence-electron chi connectivity index (χ3n) is 3.12. The molecule has 0 amide bonds. The first kappa shape index (κ1) is 10.6. The zero-order chi connectivity index (χ0) is 10.5. The van der Waals surface area contributed by atoms with Crippen LogP contribution in [0.2, 0.25) is 0 Å². The van der Waals surface area contributed by atoms with Gasteiger partial charge < -0.3 is 4.74 Å². The van der Waals surface area contributed by atoms with Gasteiger partial charge in [-0.3, -0.25) is 0 Å². The molecular formula is C13H17FO. The summed E-state index contributed by atoms with van der Waals surface area (Å²) in [4.78, 5) is 0. The summed E-state index contributed by atoms with van der Waals surface area (Å²) in [6.07, 6.45) is 4.21. The maximum atomic E-state index is 13.3. The number of ether oxygens (including phenoxy) is 1. The molecule has 2 heteroatoms. The molecule has 0 radical (unpaired) electrons. The third-order valence-corrected chi connectivity index (χ3v) is 3.12. The Morgan fingerprint density at radius 2 is 1.93 bits per heavy atom. The van der Waals surface area contributed by atoms with E-state index in [-0.39, 0.29) is 5.82 Å². The van der Waals surface area contributed by atoms with Crippen molar-refractivity contribution in [3.63, 3.8) is 0 Å². The normalized spacial score (nSPS) is 17.9. The summed E-state index contributed by atoms with van der Waals surface area (Å²) in [5.74, 6) is 0.655. The summed E-state index contributed by atoms with van der Waals surface area (Å²) in [5, 5.41) is 0. The molecule has 1 fully saturated rings. The van der Waals surface area contributed by atoms with E-state index in [0.29, 0.717) is 0 Å². The van der Waals surface area contributed by atoms with Gasteiger partial charge in [-0.2, -0.15) is 0 Å². The van der Waals surface area contributed by atoms with Crippen LogP contribution in [0, 0.1) is 11.7 Å². The fraction of sp³-hybridized carbons (Fsp3) is 0.538. The van der Waals surface area contributed by atoms with Crippen molar-refractivity contribution in [3.05, 3.63) is 35.6 Å². The van der Waals surface area contributed by atoms with Crippen LogP contribution in [0.3, 0.4) is 0 Å². The quantitative estimate of drug-likeness (QED) is 0.741. The van der Waals surface area contributed by atoms with Crippen LogP contribution in [0.4, 0.5) is 4.39 Å². The first-order valence-corrected chi connectivity index (χ1v) is 5.67. The van der Waals surface area contributed by atoms with Gasteiger partial charge in [0.1, 0.15) is 5.82 Å². The lowest BCUT2D eigenvalue weighted by Crippen LogP contribution is -2.16. The minimum absolute atomic E-state index is 0.0652. The maximum absolute atomic E-state index is 13.3. The molecule has 0 atom stereocenters. The fourth-order valence-corrected chi connectivity index (χ4v) is 2.10. The first-order valence-electron chi connectivity index (χ1n) is 5.67. The SMILES string of the molecule is Fc1ccccc1CCC1CCOCC1. The number of hydrogen-bond acceptors (Lipinski definition) is 1. The summed E-state index contributed by atoms with van der Waals surface area (Å²) in [5.41, 5.74) is 0.851. The van der Waals surface area contributed by atoms with Gasteiger partial charge in [0.15, 0.2) is 0 Å². The Labute approximate surface area is 90.3 Å². The van der Waals surface area contributed by atoms with E-state index in [9.17, 15) is 4.39 Å². The molecule has 0 N–H and O–H groups in total. The molecular weight excluding hydrogens is 191 g/mol. The standard InChI is InChI=1S/C13H17FO/c14-13-4-2-1-3-12(13)6-5-11-7-9-15-10-8-11/h1-4,11H,5-10H2. The van der Waals surface area contributed by atoms with Crippen LogP contribution >= 0.6 is 0 Å². The number of benzene rings is 1. The van der Waals surface area contributed by atoms with E-state index in [4.69, 9.17) is 4.74 Å². The Kier molecular flexibility index (Phi) is 3.73. The number of halogens is 1. The molecule has 0 bridgehead atoms. The van der Waals surface area contributed by atoms with Crippen LogP contribution < -0.4 is 0 Å². The van der Waals surface area contributed by atoms with Crippen LogP contribution in [-0.4, -0.2) is 13.2 Å². The number of hydrogen-bond donors (Lipinski definition) is 0. The summed E-state index contributed by atoms with van der Waals surface area (Å²) in [7, 11) is 0. The average molecular weight is 208 g/mol. The zero-order valence-corrected chi connectivity index (χ0v) is 8.92. The second kappa shape index (κ2) is 5.26. The molecule has 1 aliphatic rings. The second-order valence-corrected chi connectivity index (χ2v) is 4.19. The van der Waals surface area contributed by atoms with Gasteiger partial charge in [0.05, 0.1) is 0 Å². The topological polar surface area (TPSA) is 9.23 Å². The van der Waals surface area contributed by atoms with Crippen LogP contribution in [0.1, 0.15) is 24.8 Å². The summed E-state index contributed by atoms with van der Waals surface area (Å²) in [6, 6.07) is 7.07. The van der Waals surface area contributed by atoms with Gasteiger partial charge >= 0.3 is 0 Å². The van der Waals surface area contributed by atoms with Gasteiger partial charge in [-0.1, -0.05) is 18.2 Å². The van der Waals surface area contributed by atoms with Crippen LogP contribution in [0.5, 0.6) is 0 Å². The summed E-state index contributed by atoms with van der Waals surface area (Å²) in [6.45, 7) is 1.75. The van der Waals surface area contributed by atoms with Crippen molar-refractivity contribution in [3.8, 4) is 0 Å². The molecule has 0 unspecified atom stereocenters. The average Bonchev–Trinajstić information content (AvgIpc) is 2.29. The maximum Gasteiger partial charge on any atom is 0.126 e. The lowest BCUT2D eigenvalue weighted by atomic mass is 9.93. The molecule has 0 spiro atoms. The molecule has 1 aromatic rings. The Bertz CT molecular complexity index is 305. The van der Waals surface area contributed by atoms with Gasteiger partial charge in [-0.05, 0) is 43.2 Å². The molecule has 15 heavy (non-hydrogen) atoms. The fourth-order valence-electron chi connectivity index (χ4n) is 2.10. The Morgan fingerprint density at radius 3 is 2.67 bits per heavy atom. The smallest absolute Gasteiger partial charge is 0.126 e. The Morgan fingerprint density at radius 1 is 1.20 bits per heavy atom. The molecule has 2 rings (SSSR count). The highest BCUT2D eigenvalue weighted by Crippen LogP contribution is 2.21. The lowest BCUT2D eigenvalue weighted by molar-refractivity contribution is 0.0639. The molecule has 82 valence electrons. The van der Waals surface area contributed by atoms with Crippen LogP contribution in [-0.2, 0) is 11.2 Å². The van der Waals surface area contributed by atoms with Crippen LogP contribution in [0.25, 0.3) is 0 Å². The minimum atomic E-state index is -0.0652. The number of rotatable bonds is 3. The number of aryl methyl sites for hydroxylation is 1. The highest BCUT2D eigenvalue weighted by molar-refractivity contribution is 5.17. The van der Waals surface area contributed by atoms with E-state index in [1.807, 2.05) is 12.1 Å². The van der Waals surface area contributed by atoms with Crippen molar-refractivity contribution in [1.82, 2.24) is 0 Å². The Hall–Kier alpha value is -0.890. The van der Waals surface area contributed by atoms with E-state index in [1.165, 1.54) is 0 Å². The zero-order valence-electron chi connectivity index (χ0n) is 8.92. The van der Waals surface area contributed by atoms with Gasteiger partial charge in [-0.15, -0.1) is 0 Å². The second-order valence-electron chi connectivity index (χ2n) is 4.19. The minimum Gasteiger partial charge on any atom is -0.381 e. The van der Waals surface area contributed by atoms with E-state index < -0.39 is 0 Å². The third kappa shape index (κ3) is 3.03. The van der Waals surface area contributed by atoms with Crippen molar-refractivity contribution in [2.24, 2.45) is 5.92 Å². The van der Waals surface area contributed by atoms with Crippen molar-refractivity contribution in [1.29, 1.82) is 0 Å². The molecule has 0 saturated carbocycles. The molecule has 1 aromatic carbocycles. The van der Waals surface area contributed by atoms with Crippen molar-refractivity contribution < 1.29 is 9.13 Å². The summed E-state index contributed by atoms with van der Waals surface area (Å²) < 4.78 is 18.6. The van der Waals surface area contributed by atoms with Crippen molar-refractivity contribution in [2.45, 2.75) is 25.7 Å². The van der Waals surface area contributed by atoms with Gasteiger partial charge in [0.25, 0.3) is 0 Å². The molecule has 1 saturated heterocycles. The molecule has 1 nitrogen and oxygen atoms in total. The van der Waals surface area contributed by atoms with E-state index in [0.717, 1.165) is 50.4 Å². The highest BCUT2D eigenvalue weighted by atomic mass is 19.1. The van der Waals surface area contributed by atoms with E-state index in [1.54, 1.807) is 12.1 Å². The largest absolute Gasteiger partial charge is 0.381 e. The molecule has 0 aromatic heterocycles.